The molecule has 1 aliphatic heterocycles. The van der Waals surface area contributed by atoms with Crippen LogP contribution in [0.4, 0.5) is 10.2 Å². The zero-order chi connectivity index (χ0) is 17.4. The number of aromatic nitrogens is 2. The van der Waals surface area contributed by atoms with Crippen molar-refractivity contribution >= 4 is 28.5 Å². The average molecular weight is 342 g/mol. The molecule has 4 rings (SSSR count). The SMILES string of the molecule is O=C1CCC(=O)N1C1CCC(Nc2ncnc3ccc(F)cc23)CC1. The van der Waals surface area contributed by atoms with E-state index in [0.717, 1.165) is 25.7 Å². The third-order valence-corrected chi connectivity index (χ3v) is 5.09. The summed E-state index contributed by atoms with van der Waals surface area (Å²) >= 11 is 0. The summed E-state index contributed by atoms with van der Waals surface area (Å²) in [5, 5.41) is 4.04. The summed E-state index contributed by atoms with van der Waals surface area (Å²) in [6.45, 7) is 0. The first-order chi connectivity index (χ1) is 12.1. The summed E-state index contributed by atoms with van der Waals surface area (Å²) < 4.78 is 13.5. The van der Waals surface area contributed by atoms with Gasteiger partial charge in [-0.05, 0) is 43.9 Å². The molecule has 0 radical (unpaired) electrons. The number of nitrogens with one attached hydrogen (secondary N) is 1. The summed E-state index contributed by atoms with van der Waals surface area (Å²) in [5.74, 6) is 0.221. The quantitative estimate of drug-likeness (QED) is 0.868. The molecule has 0 unspecified atom stereocenters. The molecule has 1 aromatic carbocycles. The monoisotopic (exact) mass is 342 g/mol. The Bertz CT molecular complexity index is 817. The van der Waals surface area contributed by atoms with E-state index >= 15 is 0 Å². The predicted molar refractivity (Wildman–Crippen MR) is 90.2 cm³/mol. The van der Waals surface area contributed by atoms with Crippen molar-refractivity contribution in [1.82, 2.24) is 14.9 Å². The molecule has 0 bridgehead atoms. The van der Waals surface area contributed by atoms with Crippen molar-refractivity contribution in [3.8, 4) is 0 Å². The third kappa shape index (κ3) is 3.06. The van der Waals surface area contributed by atoms with Gasteiger partial charge in [0.05, 0.1) is 5.52 Å². The molecule has 2 amide bonds. The van der Waals surface area contributed by atoms with Gasteiger partial charge in [-0.2, -0.15) is 0 Å². The molecule has 1 N–H and O–H groups in total. The number of rotatable bonds is 3. The van der Waals surface area contributed by atoms with E-state index in [4.69, 9.17) is 0 Å². The van der Waals surface area contributed by atoms with Crippen molar-refractivity contribution in [3.63, 3.8) is 0 Å². The second-order valence-electron chi connectivity index (χ2n) is 6.69. The van der Waals surface area contributed by atoms with Crippen LogP contribution in [0.5, 0.6) is 0 Å². The largest absolute Gasteiger partial charge is 0.367 e. The Morgan fingerprint density at radius 1 is 1.04 bits per heavy atom. The highest BCUT2D eigenvalue weighted by Gasteiger charge is 2.36. The fourth-order valence-corrected chi connectivity index (χ4v) is 3.82. The van der Waals surface area contributed by atoms with Crippen LogP contribution in [0.15, 0.2) is 24.5 Å². The van der Waals surface area contributed by atoms with Crippen LogP contribution in [0, 0.1) is 5.82 Å². The number of benzene rings is 1. The lowest BCUT2D eigenvalue weighted by Gasteiger charge is -2.34. The number of anilines is 1. The zero-order valence-corrected chi connectivity index (χ0v) is 13.7. The predicted octanol–water partition coefficient (Wildman–Crippen LogP) is 2.64. The molecule has 1 saturated heterocycles. The molecule has 2 aliphatic rings. The lowest BCUT2D eigenvalue weighted by Crippen LogP contribution is -2.43. The highest BCUT2D eigenvalue weighted by molar-refractivity contribution is 6.02. The summed E-state index contributed by atoms with van der Waals surface area (Å²) in [6, 6.07) is 4.66. The van der Waals surface area contributed by atoms with Crippen molar-refractivity contribution in [2.24, 2.45) is 0 Å². The molecule has 6 nitrogen and oxygen atoms in total. The fourth-order valence-electron chi connectivity index (χ4n) is 3.82. The van der Waals surface area contributed by atoms with E-state index in [9.17, 15) is 14.0 Å². The van der Waals surface area contributed by atoms with Crippen molar-refractivity contribution in [2.75, 3.05) is 5.32 Å². The molecule has 2 fully saturated rings. The Morgan fingerprint density at radius 3 is 2.48 bits per heavy atom. The Hall–Kier alpha value is -2.57. The van der Waals surface area contributed by atoms with Crippen molar-refractivity contribution in [1.29, 1.82) is 0 Å². The topological polar surface area (TPSA) is 75.2 Å². The van der Waals surface area contributed by atoms with Gasteiger partial charge in [0, 0.05) is 30.3 Å². The molecule has 0 atom stereocenters. The number of amides is 2. The molecule has 130 valence electrons. The molecule has 25 heavy (non-hydrogen) atoms. The molecular weight excluding hydrogens is 323 g/mol. The van der Waals surface area contributed by atoms with E-state index in [1.54, 1.807) is 6.07 Å². The first-order valence-electron chi connectivity index (χ1n) is 8.63. The molecule has 1 saturated carbocycles. The lowest BCUT2D eigenvalue weighted by atomic mass is 9.90. The van der Waals surface area contributed by atoms with Gasteiger partial charge in [0.2, 0.25) is 11.8 Å². The minimum Gasteiger partial charge on any atom is -0.367 e. The van der Waals surface area contributed by atoms with Crippen LogP contribution in [0.2, 0.25) is 0 Å². The molecule has 0 spiro atoms. The van der Waals surface area contributed by atoms with Crippen molar-refractivity contribution in [3.05, 3.63) is 30.3 Å². The normalized spacial score (nSPS) is 24.1. The van der Waals surface area contributed by atoms with Gasteiger partial charge >= 0.3 is 0 Å². The van der Waals surface area contributed by atoms with Crippen LogP contribution in [0.3, 0.4) is 0 Å². The van der Waals surface area contributed by atoms with Gasteiger partial charge in [-0.15, -0.1) is 0 Å². The number of halogens is 1. The van der Waals surface area contributed by atoms with E-state index in [0.29, 0.717) is 29.6 Å². The van der Waals surface area contributed by atoms with E-state index in [2.05, 4.69) is 15.3 Å². The molecule has 1 aliphatic carbocycles. The molecule has 7 heteroatoms. The number of carbonyl (C=O) groups excluding carboxylic acids is 2. The molecule has 2 heterocycles. The summed E-state index contributed by atoms with van der Waals surface area (Å²) in [4.78, 5) is 33.6. The Labute approximate surface area is 144 Å². The molecule has 1 aromatic heterocycles. The standard InChI is InChI=1S/C18H19FN4O2/c19-11-1-6-15-14(9-11)18(21-10-20-15)22-12-2-4-13(5-3-12)23-16(24)7-8-17(23)25/h1,6,9-10,12-13H,2-5,7-8H2,(H,20,21,22). The Balaban J connectivity index is 1.45. The summed E-state index contributed by atoms with van der Waals surface area (Å²) in [6.07, 6.45) is 5.39. The maximum atomic E-state index is 13.5. The second kappa shape index (κ2) is 6.38. The van der Waals surface area contributed by atoms with E-state index in [-0.39, 0.29) is 29.7 Å². The summed E-state index contributed by atoms with van der Waals surface area (Å²) in [7, 11) is 0. The molecule has 2 aromatic rings. The van der Waals surface area contributed by atoms with Crippen LogP contribution in [-0.2, 0) is 9.59 Å². The maximum Gasteiger partial charge on any atom is 0.229 e. The van der Waals surface area contributed by atoms with Crippen LogP contribution >= 0.6 is 0 Å². The van der Waals surface area contributed by atoms with Crippen LogP contribution < -0.4 is 5.32 Å². The highest BCUT2D eigenvalue weighted by atomic mass is 19.1. The Kier molecular flexibility index (Phi) is 4.07. The number of hydrogen-bond donors (Lipinski definition) is 1. The minimum absolute atomic E-state index is 0.0140. The lowest BCUT2D eigenvalue weighted by molar-refractivity contribution is -0.141. The van der Waals surface area contributed by atoms with E-state index in [1.165, 1.54) is 23.4 Å². The van der Waals surface area contributed by atoms with Gasteiger partial charge in [-0.1, -0.05) is 0 Å². The van der Waals surface area contributed by atoms with Gasteiger partial charge in [0.1, 0.15) is 18.0 Å². The van der Waals surface area contributed by atoms with Crippen molar-refractivity contribution in [2.45, 2.75) is 50.6 Å². The van der Waals surface area contributed by atoms with Gasteiger partial charge < -0.3 is 5.32 Å². The van der Waals surface area contributed by atoms with E-state index < -0.39 is 0 Å². The summed E-state index contributed by atoms with van der Waals surface area (Å²) in [5.41, 5.74) is 0.695. The second-order valence-corrected chi connectivity index (χ2v) is 6.69. The number of carbonyl (C=O) groups is 2. The van der Waals surface area contributed by atoms with Gasteiger partial charge in [0.25, 0.3) is 0 Å². The van der Waals surface area contributed by atoms with Gasteiger partial charge in [0.15, 0.2) is 0 Å². The van der Waals surface area contributed by atoms with Gasteiger partial charge in [-0.3, -0.25) is 14.5 Å². The van der Waals surface area contributed by atoms with Crippen molar-refractivity contribution < 1.29 is 14.0 Å². The number of imide groups is 1. The number of nitrogens with zero attached hydrogens (tertiary/aromatic N) is 3. The number of hydrogen-bond acceptors (Lipinski definition) is 5. The van der Waals surface area contributed by atoms with Crippen LogP contribution in [-0.4, -0.2) is 38.8 Å². The first kappa shape index (κ1) is 15.9. The zero-order valence-electron chi connectivity index (χ0n) is 13.7. The fraction of sp³-hybridized carbons (Fsp3) is 0.444. The highest BCUT2D eigenvalue weighted by Crippen LogP contribution is 2.30. The Morgan fingerprint density at radius 2 is 1.76 bits per heavy atom. The smallest absolute Gasteiger partial charge is 0.229 e. The van der Waals surface area contributed by atoms with E-state index in [1.807, 2.05) is 0 Å². The van der Waals surface area contributed by atoms with Gasteiger partial charge in [-0.25, -0.2) is 14.4 Å². The van der Waals surface area contributed by atoms with Crippen LogP contribution in [0.1, 0.15) is 38.5 Å². The minimum atomic E-state index is -0.319. The maximum absolute atomic E-state index is 13.5. The molecular formula is C18H19FN4O2. The number of fused-ring (bicyclic) bond motifs is 1. The van der Waals surface area contributed by atoms with Crippen LogP contribution in [0.25, 0.3) is 10.9 Å². The number of likely N-dealkylation sites (tertiary alicyclic amines) is 1. The average Bonchev–Trinajstić information content (AvgIpc) is 2.95. The first-order valence-corrected chi connectivity index (χ1v) is 8.63. The third-order valence-electron chi connectivity index (χ3n) is 5.09.